The van der Waals surface area contributed by atoms with Crippen LogP contribution in [0.4, 0.5) is 0 Å². The summed E-state index contributed by atoms with van der Waals surface area (Å²) in [5.74, 6) is -1.05. The third kappa shape index (κ3) is 7.37. The van der Waals surface area contributed by atoms with Crippen molar-refractivity contribution in [1.29, 1.82) is 0 Å². The minimum absolute atomic E-state index is 0.0206. The van der Waals surface area contributed by atoms with E-state index in [1.165, 1.54) is 6.07 Å². The number of esters is 1. The summed E-state index contributed by atoms with van der Waals surface area (Å²) in [5.41, 5.74) is 0.786. The van der Waals surface area contributed by atoms with Gasteiger partial charge in [0.15, 0.2) is 6.61 Å². The molecule has 1 aromatic carbocycles. The first-order valence-electron chi connectivity index (χ1n) is 11.5. The molecule has 0 radical (unpaired) electrons. The largest absolute Gasteiger partial charge is 0.508 e. The van der Waals surface area contributed by atoms with Gasteiger partial charge in [-0.25, -0.2) is 4.79 Å². The lowest BCUT2D eigenvalue weighted by Gasteiger charge is -2.26. The van der Waals surface area contributed by atoms with Gasteiger partial charge in [-0.05, 0) is 55.7 Å². The van der Waals surface area contributed by atoms with Crippen LogP contribution in [0.3, 0.4) is 0 Å². The van der Waals surface area contributed by atoms with Crippen molar-refractivity contribution < 1.29 is 29.4 Å². The highest BCUT2D eigenvalue weighted by Crippen LogP contribution is 2.29. The summed E-state index contributed by atoms with van der Waals surface area (Å²) in [6.07, 6.45) is 12.3. The summed E-state index contributed by atoms with van der Waals surface area (Å²) in [4.78, 5) is 32.2. The molecule has 0 saturated carbocycles. The van der Waals surface area contributed by atoms with Gasteiger partial charge >= 0.3 is 5.97 Å². The van der Waals surface area contributed by atoms with Gasteiger partial charge < -0.3 is 24.7 Å². The maximum absolute atomic E-state index is 12.6. The van der Waals surface area contributed by atoms with E-state index in [0.717, 1.165) is 44.8 Å². The fourth-order valence-electron chi connectivity index (χ4n) is 3.88. The number of aromatic hydroxyl groups is 2. The topological polar surface area (TPSA) is 109 Å². The second-order valence-corrected chi connectivity index (χ2v) is 8.44. The van der Waals surface area contributed by atoms with E-state index in [1.54, 1.807) is 11.0 Å². The van der Waals surface area contributed by atoms with Gasteiger partial charge in [0, 0.05) is 25.6 Å². The van der Waals surface area contributed by atoms with Gasteiger partial charge in [0.05, 0.1) is 12.3 Å². The number of fused-ring (bicyclic) bond motifs is 1. The van der Waals surface area contributed by atoms with Gasteiger partial charge in [0.2, 0.25) is 0 Å². The number of nitrogens with zero attached hydrogens (tertiary/aromatic N) is 2. The summed E-state index contributed by atoms with van der Waals surface area (Å²) in [5, 5.41) is 24.4. The van der Waals surface area contributed by atoms with E-state index >= 15 is 0 Å². The van der Waals surface area contributed by atoms with E-state index < -0.39 is 5.97 Å². The van der Waals surface area contributed by atoms with Crippen LogP contribution in [0.5, 0.6) is 11.5 Å². The zero-order valence-corrected chi connectivity index (χ0v) is 19.0. The maximum atomic E-state index is 12.6. The Balaban J connectivity index is 1.83. The van der Waals surface area contributed by atoms with E-state index in [2.05, 4.69) is 18.2 Å². The van der Waals surface area contributed by atoms with Crippen molar-refractivity contribution in [3.05, 3.63) is 47.6 Å². The Labute approximate surface area is 194 Å². The second-order valence-electron chi connectivity index (χ2n) is 8.44. The van der Waals surface area contributed by atoms with Crippen LogP contribution in [0.1, 0.15) is 54.9 Å². The molecule has 8 nitrogen and oxygen atoms in total. The number of ether oxygens (including phenoxy) is 1. The summed E-state index contributed by atoms with van der Waals surface area (Å²) in [7, 11) is 0. The number of likely N-dealkylation sites (tertiary alicyclic amines) is 1. The van der Waals surface area contributed by atoms with Crippen molar-refractivity contribution in [2.45, 2.75) is 45.4 Å². The molecule has 1 amide bonds. The van der Waals surface area contributed by atoms with E-state index in [4.69, 9.17) is 9.57 Å². The molecule has 8 heteroatoms. The number of oxime groups is 1. The van der Waals surface area contributed by atoms with Crippen LogP contribution in [-0.2, 0) is 20.8 Å². The minimum Gasteiger partial charge on any atom is -0.508 e. The third-order valence-electron chi connectivity index (χ3n) is 5.64. The molecule has 0 bridgehead atoms. The molecule has 33 heavy (non-hydrogen) atoms. The highest BCUT2D eigenvalue weighted by molar-refractivity contribution is 6.00. The van der Waals surface area contributed by atoms with Crippen LogP contribution in [0, 0.1) is 5.92 Å². The molecule has 1 unspecified atom stereocenters. The number of rotatable bonds is 3. The zero-order chi connectivity index (χ0) is 23.6. The Kier molecular flexibility index (Phi) is 8.92. The first kappa shape index (κ1) is 24.4. The zero-order valence-electron chi connectivity index (χ0n) is 19.0. The smallest absolute Gasteiger partial charge is 0.342 e. The molecule has 1 saturated heterocycles. The molecule has 0 aliphatic carbocycles. The van der Waals surface area contributed by atoms with E-state index in [0.29, 0.717) is 17.7 Å². The molecule has 0 spiro atoms. The first-order valence-corrected chi connectivity index (χ1v) is 11.5. The highest BCUT2D eigenvalue weighted by atomic mass is 16.6. The molecule has 2 aliphatic rings. The summed E-state index contributed by atoms with van der Waals surface area (Å²) in [6.45, 7) is 3.56. The van der Waals surface area contributed by atoms with Crippen LogP contribution in [0.15, 0.2) is 41.6 Å². The van der Waals surface area contributed by atoms with Gasteiger partial charge in [-0.3, -0.25) is 4.79 Å². The Morgan fingerprint density at radius 1 is 1.21 bits per heavy atom. The monoisotopic (exact) mass is 456 g/mol. The van der Waals surface area contributed by atoms with E-state index in [9.17, 15) is 19.8 Å². The van der Waals surface area contributed by atoms with Crippen molar-refractivity contribution in [1.82, 2.24) is 4.90 Å². The third-order valence-corrected chi connectivity index (χ3v) is 5.64. The lowest BCUT2D eigenvalue weighted by Crippen LogP contribution is -2.37. The Bertz CT molecular complexity index is 931. The number of cyclic esters (lactones) is 1. The number of hydrogen-bond donors (Lipinski definition) is 2. The Hall–Kier alpha value is -3.29. The first-order chi connectivity index (χ1) is 15.9. The summed E-state index contributed by atoms with van der Waals surface area (Å²) < 4.78 is 5.31. The van der Waals surface area contributed by atoms with Crippen molar-refractivity contribution in [3.63, 3.8) is 0 Å². The molecule has 0 aromatic heterocycles. The Morgan fingerprint density at radius 2 is 2.00 bits per heavy atom. The SMILES string of the molecule is CC1/C=C/CCOC(=O)c2c(O)cc(O)cc2CC(=N\OCC(=O)N2CCCCC2)/C=C/C1. The molecule has 2 aliphatic heterocycles. The quantitative estimate of drug-likeness (QED) is 0.408. The van der Waals surface area contributed by atoms with Crippen LogP contribution >= 0.6 is 0 Å². The van der Waals surface area contributed by atoms with Crippen molar-refractivity contribution in [3.8, 4) is 11.5 Å². The summed E-state index contributed by atoms with van der Waals surface area (Å²) in [6, 6.07) is 2.50. The van der Waals surface area contributed by atoms with E-state index in [-0.39, 0.29) is 48.5 Å². The summed E-state index contributed by atoms with van der Waals surface area (Å²) >= 11 is 0. The predicted molar refractivity (Wildman–Crippen MR) is 124 cm³/mol. The minimum atomic E-state index is -0.675. The lowest BCUT2D eigenvalue weighted by atomic mass is 9.99. The predicted octanol–water partition coefficient (Wildman–Crippen LogP) is 3.72. The molecule has 1 aromatic rings. The molecule has 1 atom stereocenters. The standard InChI is InChI=1S/C25H32N2O6/c1-18-8-3-6-13-32-25(31)24-19(15-21(28)16-22(24)29)14-20(10-7-9-18)26-33-17-23(30)27-11-4-2-5-12-27/h3,7-8,10,15-16,18,28-29H,2,4-6,9,11-14,17H2,1H3/b8-3+,10-7+,26-20-. The normalized spacial score (nSPS) is 23.2. The number of amides is 1. The number of allylic oxidation sites excluding steroid dienone is 3. The average molecular weight is 457 g/mol. The molecule has 178 valence electrons. The molecule has 3 rings (SSSR count). The molecule has 1 fully saturated rings. The van der Waals surface area contributed by atoms with Crippen molar-refractivity contribution in [2.75, 3.05) is 26.3 Å². The van der Waals surface area contributed by atoms with Gasteiger partial charge in [0.1, 0.15) is 17.1 Å². The fraction of sp³-hybridized carbons (Fsp3) is 0.480. The van der Waals surface area contributed by atoms with Crippen LogP contribution in [0.2, 0.25) is 0 Å². The number of phenolic OH excluding ortho intramolecular Hbond substituents is 2. The average Bonchev–Trinajstić information content (AvgIpc) is 2.78. The van der Waals surface area contributed by atoms with E-state index in [1.807, 2.05) is 12.2 Å². The Morgan fingerprint density at radius 3 is 2.79 bits per heavy atom. The highest BCUT2D eigenvalue weighted by Gasteiger charge is 2.21. The number of piperidine rings is 1. The van der Waals surface area contributed by atoms with Crippen molar-refractivity contribution >= 4 is 17.6 Å². The van der Waals surface area contributed by atoms with Gasteiger partial charge in [0.25, 0.3) is 5.91 Å². The number of hydrogen-bond acceptors (Lipinski definition) is 7. The lowest BCUT2D eigenvalue weighted by molar-refractivity contribution is -0.137. The number of benzene rings is 1. The van der Waals surface area contributed by atoms with Crippen molar-refractivity contribution in [2.24, 2.45) is 11.1 Å². The fourth-order valence-corrected chi connectivity index (χ4v) is 3.88. The molecular weight excluding hydrogens is 424 g/mol. The van der Waals surface area contributed by atoms with Gasteiger partial charge in [-0.15, -0.1) is 0 Å². The molecule has 2 heterocycles. The van der Waals surface area contributed by atoms with Crippen LogP contribution in [0.25, 0.3) is 0 Å². The van der Waals surface area contributed by atoms with Crippen LogP contribution < -0.4 is 0 Å². The second kappa shape index (κ2) is 12.1. The van der Waals surface area contributed by atoms with Crippen LogP contribution in [-0.4, -0.2) is 59.0 Å². The van der Waals surface area contributed by atoms with Gasteiger partial charge in [-0.1, -0.05) is 30.3 Å². The maximum Gasteiger partial charge on any atom is 0.342 e. The number of phenols is 2. The number of carbonyl (C=O) groups is 2. The molecular formula is C25H32N2O6. The number of carbonyl (C=O) groups excluding carboxylic acids is 2. The van der Waals surface area contributed by atoms with Gasteiger partial charge in [-0.2, -0.15) is 0 Å². The molecule has 2 N–H and O–H groups in total.